The van der Waals surface area contributed by atoms with E-state index in [4.69, 9.17) is 18.9 Å². The topological polar surface area (TPSA) is 74.3 Å². The number of aryl methyl sites for hydroxylation is 1. The molecule has 2 aliphatic heterocycles. The fourth-order valence-electron chi connectivity index (χ4n) is 4.87. The molecule has 4 rings (SSSR count). The molecular weight excluding hydrogens is 446 g/mol. The van der Waals surface area contributed by atoms with Crippen molar-refractivity contribution >= 4 is 11.7 Å². The van der Waals surface area contributed by atoms with Crippen molar-refractivity contribution in [3.63, 3.8) is 0 Å². The van der Waals surface area contributed by atoms with E-state index < -0.39 is 5.60 Å². The Bertz CT molecular complexity index is 1090. The third-order valence-electron chi connectivity index (χ3n) is 6.90. The van der Waals surface area contributed by atoms with Gasteiger partial charge in [0.15, 0.2) is 17.3 Å². The molecule has 0 bridgehead atoms. The molecule has 2 aliphatic rings. The van der Waals surface area contributed by atoms with Crippen LogP contribution in [0.1, 0.15) is 71.9 Å². The Kier molecular flexibility index (Phi) is 7.24. The van der Waals surface area contributed by atoms with Crippen LogP contribution in [-0.4, -0.2) is 55.1 Å². The van der Waals surface area contributed by atoms with Crippen molar-refractivity contribution in [1.82, 2.24) is 4.90 Å². The first-order chi connectivity index (χ1) is 16.8. The molecule has 0 atom stereocenters. The summed E-state index contributed by atoms with van der Waals surface area (Å²) in [5.74, 6) is 2.24. The van der Waals surface area contributed by atoms with Crippen LogP contribution in [0, 0.1) is 13.8 Å². The van der Waals surface area contributed by atoms with Gasteiger partial charge in [-0.1, -0.05) is 6.07 Å². The average Bonchev–Trinajstić information content (AvgIpc) is 2.84. The van der Waals surface area contributed by atoms with Gasteiger partial charge in [-0.05, 0) is 63.9 Å². The smallest absolute Gasteiger partial charge is 0.254 e. The summed E-state index contributed by atoms with van der Waals surface area (Å²) in [6.07, 6.45) is 1.55. The second kappa shape index (κ2) is 10.2. The summed E-state index contributed by atoms with van der Waals surface area (Å²) in [4.78, 5) is 28.2. The molecule has 7 nitrogen and oxygen atoms in total. The number of hydrogen-bond acceptors (Lipinski definition) is 6. The molecule has 1 spiro atoms. The second-order valence-corrected chi connectivity index (χ2v) is 9.16. The first-order valence-corrected chi connectivity index (χ1v) is 12.5. The van der Waals surface area contributed by atoms with E-state index >= 15 is 0 Å². The van der Waals surface area contributed by atoms with Crippen LogP contribution in [0.5, 0.6) is 23.0 Å². The van der Waals surface area contributed by atoms with Crippen LogP contribution < -0.4 is 18.9 Å². The van der Waals surface area contributed by atoms with Gasteiger partial charge in [-0.15, -0.1) is 0 Å². The van der Waals surface area contributed by atoms with Crippen LogP contribution in [0.25, 0.3) is 0 Å². The van der Waals surface area contributed by atoms with Crippen molar-refractivity contribution in [1.29, 1.82) is 0 Å². The lowest BCUT2D eigenvalue weighted by Crippen LogP contribution is -2.52. The number of carbonyl (C=O) groups is 2. The first kappa shape index (κ1) is 24.9. The van der Waals surface area contributed by atoms with E-state index in [1.807, 2.05) is 51.7 Å². The zero-order valence-corrected chi connectivity index (χ0v) is 21.4. The lowest BCUT2D eigenvalue weighted by molar-refractivity contribution is -0.00622. The Hall–Kier alpha value is -3.22. The van der Waals surface area contributed by atoms with E-state index in [2.05, 4.69) is 0 Å². The SMILES string of the molecule is CCOc1cc(C(=O)N2CCC3(CC2)CC(=O)c2ccc(C)c(C)c2O3)cc(OCC)c1OCC. The van der Waals surface area contributed by atoms with E-state index in [1.165, 1.54) is 0 Å². The second-order valence-electron chi connectivity index (χ2n) is 9.16. The monoisotopic (exact) mass is 481 g/mol. The number of ether oxygens (including phenoxy) is 4. The maximum absolute atomic E-state index is 13.5. The Labute approximate surface area is 207 Å². The summed E-state index contributed by atoms with van der Waals surface area (Å²) in [6.45, 7) is 12.1. The van der Waals surface area contributed by atoms with Gasteiger partial charge in [-0.25, -0.2) is 0 Å². The number of fused-ring (bicyclic) bond motifs is 1. The molecule has 188 valence electrons. The summed E-state index contributed by atoms with van der Waals surface area (Å²) in [5.41, 5.74) is 2.71. The highest BCUT2D eigenvalue weighted by Crippen LogP contribution is 2.43. The van der Waals surface area contributed by atoms with Crippen LogP contribution in [0.15, 0.2) is 24.3 Å². The molecule has 2 aromatic rings. The summed E-state index contributed by atoms with van der Waals surface area (Å²) in [6, 6.07) is 7.29. The van der Waals surface area contributed by atoms with Crippen LogP contribution >= 0.6 is 0 Å². The number of carbonyl (C=O) groups excluding carboxylic acids is 2. The van der Waals surface area contributed by atoms with Gasteiger partial charge in [0.1, 0.15) is 11.4 Å². The van der Waals surface area contributed by atoms with Crippen molar-refractivity contribution in [2.24, 2.45) is 0 Å². The molecule has 1 amide bonds. The summed E-state index contributed by atoms with van der Waals surface area (Å²) < 4.78 is 23.8. The largest absolute Gasteiger partial charge is 0.490 e. The van der Waals surface area contributed by atoms with Crippen LogP contribution in [0.4, 0.5) is 0 Å². The number of rotatable bonds is 7. The quantitative estimate of drug-likeness (QED) is 0.545. The number of likely N-dealkylation sites (tertiary alicyclic amines) is 1. The highest BCUT2D eigenvalue weighted by atomic mass is 16.5. The molecule has 1 saturated heterocycles. The van der Waals surface area contributed by atoms with E-state index in [0.29, 0.717) is 86.3 Å². The lowest BCUT2D eigenvalue weighted by Gasteiger charge is -2.44. The van der Waals surface area contributed by atoms with Gasteiger partial charge in [-0.3, -0.25) is 9.59 Å². The van der Waals surface area contributed by atoms with Crippen molar-refractivity contribution in [2.45, 2.75) is 59.5 Å². The van der Waals surface area contributed by atoms with Gasteiger partial charge in [0.2, 0.25) is 5.75 Å². The maximum atomic E-state index is 13.5. The number of benzene rings is 2. The Morgan fingerprint density at radius 2 is 1.57 bits per heavy atom. The predicted molar refractivity (Wildman–Crippen MR) is 133 cm³/mol. The number of hydrogen-bond donors (Lipinski definition) is 0. The average molecular weight is 482 g/mol. The molecule has 2 aromatic carbocycles. The zero-order chi connectivity index (χ0) is 25.2. The van der Waals surface area contributed by atoms with Gasteiger partial charge < -0.3 is 23.8 Å². The van der Waals surface area contributed by atoms with Crippen LogP contribution in [-0.2, 0) is 0 Å². The van der Waals surface area contributed by atoms with Crippen molar-refractivity contribution in [3.05, 3.63) is 46.5 Å². The number of amides is 1. The van der Waals surface area contributed by atoms with E-state index in [9.17, 15) is 9.59 Å². The standard InChI is InChI=1S/C28H35NO6/c1-6-32-23-15-20(16-24(33-7-2)26(23)34-8-3)27(31)29-13-11-28(12-14-29)17-22(30)21-10-9-18(4)19(5)25(21)35-28/h9-10,15-16H,6-8,11-14,17H2,1-5H3. The van der Waals surface area contributed by atoms with Crippen molar-refractivity contribution in [2.75, 3.05) is 32.9 Å². The number of ketones is 1. The number of piperidine rings is 1. The molecule has 7 heteroatoms. The third kappa shape index (κ3) is 4.81. The zero-order valence-electron chi connectivity index (χ0n) is 21.4. The Morgan fingerprint density at radius 1 is 0.971 bits per heavy atom. The summed E-state index contributed by atoms with van der Waals surface area (Å²) >= 11 is 0. The predicted octanol–water partition coefficient (Wildman–Crippen LogP) is 5.14. The highest BCUT2D eigenvalue weighted by molar-refractivity contribution is 6.01. The number of nitrogens with zero attached hydrogens (tertiary/aromatic N) is 1. The maximum Gasteiger partial charge on any atom is 0.254 e. The Morgan fingerprint density at radius 3 is 2.14 bits per heavy atom. The van der Waals surface area contributed by atoms with Gasteiger partial charge in [0.25, 0.3) is 5.91 Å². The lowest BCUT2D eigenvalue weighted by atomic mass is 9.81. The van der Waals surface area contributed by atoms with E-state index in [-0.39, 0.29) is 11.7 Å². The van der Waals surface area contributed by atoms with Crippen LogP contribution in [0.3, 0.4) is 0 Å². The minimum absolute atomic E-state index is 0.0978. The molecule has 0 saturated carbocycles. The van der Waals surface area contributed by atoms with E-state index in [1.54, 1.807) is 12.1 Å². The molecule has 35 heavy (non-hydrogen) atoms. The van der Waals surface area contributed by atoms with Crippen LogP contribution in [0.2, 0.25) is 0 Å². The van der Waals surface area contributed by atoms with Gasteiger partial charge in [-0.2, -0.15) is 0 Å². The normalized spacial score (nSPS) is 16.5. The van der Waals surface area contributed by atoms with Crippen molar-refractivity contribution in [3.8, 4) is 23.0 Å². The summed E-state index contributed by atoms with van der Waals surface area (Å²) in [5, 5.41) is 0. The molecule has 2 heterocycles. The molecular formula is C28H35NO6. The van der Waals surface area contributed by atoms with Gasteiger partial charge in [0.05, 0.1) is 31.8 Å². The van der Waals surface area contributed by atoms with Gasteiger partial charge in [0, 0.05) is 31.5 Å². The van der Waals surface area contributed by atoms with E-state index in [0.717, 1.165) is 11.1 Å². The molecule has 0 N–H and O–H groups in total. The fraction of sp³-hybridized carbons (Fsp3) is 0.500. The highest BCUT2D eigenvalue weighted by Gasteiger charge is 2.44. The first-order valence-electron chi connectivity index (χ1n) is 12.5. The minimum Gasteiger partial charge on any atom is -0.490 e. The molecule has 0 unspecified atom stereocenters. The fourth-order valence-corrected chi connectivity index (χ4v) is 4.87. The molecule has 0 radical (unpaired) electrons. The number of Topliss-reactive ketones (excluding diaryl/α,β-unsaturated/α-hetero) is 1. The Balaban J connectivity index is 1.54. The minimum atomic E-state index is -0.564. The third-order valence-corrected chi connectivity index (χ3v) is 6.90. The molecule has 0 aliphatic carbocycles. The van der Waals surface area contributed by atoms with Crippen molar-refractivity contribution < 1.29 is 28.5 Å². The molecule has 1 fully saturated rings. The van der Waals surface area contributed by atoms with Gasteiger partial charge >= 0.3 is 0 Å². The summed E-state index contributed by atoms with van der Waals surface area (Å²) in [7, 11) is 0. The molecule has 0 aromatic heterocycles.